The van der Waals surface area contributed by atoms with Crippen molar-refractivity contribution < 1.29 is 28.7 Å². The van der Waals surface area contributed by atoms with E-state index in [2.05, 4.69) is 5.32 Å². The zero-order valence-electron chi connectivity index (χ0n) is 20.8. The Morgan fingerprint density at radius 2 is 1.71 bits per heavy atom. The monoisotopic (exact) mass is 487 g/mol. The van der Waals surface area contributed by atoms with Crippen LogP contribution in [0.15, 0.2) is 42.5 Å². The van der Waals surface area contributed by atoms with Crippen molar-refractivity contribution in [2.75, 3.05) is 27.4 Å². The molecule has 1 atom stereocenters. The number of rotatable bonds is 13. The van der Waals surface area contributed by atoms with Crippen molar-refractivity contribution in [3.63, 3.8) is 0 Å². The molecule has 0 fully saturated rings. The van der Waals surface area contributed by atoms with Gasteiger partial charge < -0.3 is 24.4 Å². The van der Waals surface area contributed by atoms with Crippen molar-refractivity contribution in [2.45, 2.75) is 39.8 Å². The van der Waals surface area contributed by atoms with E-state index < -0.39 is 16.9 Å². The third-order valence-corrected chi connectivity index (χ3v) is 5.29. The van der Waals surface area contributed by atoms with Gasteiger partial charge in [0.2, 0.25) is 11.7 Å². The van der Waals surface area contributed by atoms with Crippen LogP contribution in [0.3, 0.4) is 0 Å². The molecule has 0 aliphatic heterocycles. The Labute approximate surface area is 205 Å². The predicted octanol–water partition coefficient (Wildman–Crippen LogP) is 3.57. The van der Waals surface area contributed by atoms with Gasteiger partial charge in [-0.2, -0.15) is 0 Å². The minimum absolute atomic E-state index is 0.0227. The van der Waals surface area contributed by atoms with Gasteiger partial charge in [0.1, 0.15) is 17.5 Å². The first kappa shape index (κ1) is 27.4. The van der Waals surface area contributed by atoms with E-state index in [0.29, 0.717) is 18.7 Å². The Balaban J connectivity index is 2.24. The predicted molar refractivity (Wildman–Crippen MR) is 131 cm³/mol. The van der Waals surface area contributed by atoms with Crippen LogP contribution in [0, 0.1) is 16.0 Å². The highest BCUT2D eigenvalue weighted by molar-refractivity contribution is 5.88. The van der Waals surface area contributed by atoms with Gasteiger partial charge in [-0.25, -0.2) is 0 Å². The van der Waals surface area contributed by atoms with Crippen molar-refractivity contribution >= 4 is 17.5 Å². The average molecular weight is 488 g/mol. The zero-order chi connectivity index (χ0) is 26.0. The molecule has 0 aliphatic rings. The second-order valence-corrected chi connectivity index (χ2v) is 8.31. The molecule has 0 spiro atoms. The molecule has 2 aromatic carbocycles. The number of nitrogens with zero attached hydrogens (tertiary/aromatic N) is 2. The highest BCUT2D eigenvalue weighted by Crippen LogP contribution is 2.30. The average Bonchev–Trinajstić information content (AvgIpc) is 2.85. The summed E-state index contributed by atoms with van der Waals surface area (Å²) < 4.78 is 15.9. The molecule has 1 N–H and O–H groups in total. The summed E-state index contributed by atoms with van der Waals surface area (Å²) in [6.45, 7) is 6.17. The van der Waals surface area contributed by atoms with Gasteiger partial charge in [-0.3, -0.25) is 19.7 Å². The molecule has 0 heterocycles. The lowest BCUT2D eigenvalue weighted by molar-refractivity contribution is -0.385. The van der Waals surface area contributed by atoms with Gasteiger partial charge in [0, 0.05) is 25.2 Å². The van der Waals surface area contributed by atoms with Crippen molar-refractivity contribution in [1.82, 2.24) is 10.2 Å². The van der Waals surface area contributed by atoms with Crippen LogP contribution in [0.1, 0.15) is 32.8 Å². The summed E-state index contributed by atoms with van der Waals surface area (Å²) in [5, 5.41) is 14.0. The molecule has 2 rings (SSSR count). The topological polar surface area (TPSA) is 120 Å². The molecule has 0 aromatic heterocycles. The molecule has 0 aliphatic carbocycles. The van der Waals surface area contributed by atoms with E-state index >= 15 is 0 Å². The Morgan fingerprint density at radius 1 is 1.06 bits per heavy atom. The van der Waals surface area contributed by atoms with E-state index in [4.69, 9.17) is 14.2 Å². The van der Waals surface area contributed by atoms with Gasteiger partial charge in [0.15, 0.2) is 6.61 Å². The summed E-state index contributed by atoms with van der Waals surface area (Å²) in [6, 6.07) is 10.6. The number of benzene rings is 2. The van der Waals surface area contributed by atoms with Gasteiger partial charge in [0.05, 0.1) is 19.1 Å². The minimum Gasteiger partial charge on any atom is -0.497 e. The van der Waals surface area contributed by atoms with E-state index in [-0.39, 0.29) is 42.2 Å². The number of methoxy groups -OCH3 is 2. The molecular weight excluding hydrogens is 454 g/mol. The molecule has 2 amide bonds. The van der Waals surface area contributed by atoms with Crippen LogP contribution in [0.4, 0.5) is 5.69 Å². The fourth-order valence-corrected chi connectivity index (χ4v) is 3.40. The number of carbonyl (C=O) groups excluding carboxylic acids is 2. The van der Waals surface area contributed by atoms with Crippen molar-refractivity contribution in [3.05, 3.63) is 58.1 Å². The first-order valence-electron chi connectivity index (χ1n) is 11.3. The quantitative estimate of drug-likeness (QED) is 0.339. The lowest BCUT2D eigenvalue weighted by atomic mass is 10.1. The minimum atomic E-state index is -0.696. The van der Waals surface area contributed by atoms with Crippen LogP contribution >= 0.6 is 0 Å². The Kier molecular flexibility index (Phi) is 10.3. The van der Waals surface area contributed by atoms with E-state index in [1.165, 1.54) is 30.2 Å². The first-order valence-corrected chi connectivity index (χ1v) is 11.3. The molecule has 35 heavy (non-hydrogen) atoms. The fourth-order valence-electron chi connectivity index (χ4n) is 3.40. The third-order valence-electron chi connectivity index (χ3n) is 5.29. The maximum Gasteiger partial charge on any atom is 0.311 e. The number of nitro groups is 1. The summed E-state index contributed by atoms with van der Waals surface area (Å²) in [6.07, 6.45) is 0.414. The maximum atomic E-state index is 13.3. The van der Waals surface area contributed by atoms with Crippen molar-refractivity contribution in [2.24, 2.45) is 5.92 Å². The number of ether oxygens (including phenoxy) is 3. The number of hydrogen-bond donors (Lipinski definition) is 1. The molecule has 2 aromatic rings. The summed E-state index contributed by atoms with van der Waals surface area (Å²) in [5.74, 6) is 0.577. The van der Waals surface area contributed by atoms with Gasteiger partial charge in [-0.15, -0.1) is 0 Å². The molecular formula is C25H33N3O7. The summed E-state index contributed by atoms with van der Waals surface area (Å²) in [7, 11) is 2.89. The van der Waals surface area contributed by atoms with Gasteiger partial charge in [-0.05, 0) is 36.1 Å². The van der Waals surface area contributed by atoms with Crippen LogP contribution < -0.4 is 19.5 Å². The zero-order valence-corrected chi connectivity index (χ0v) is 20.8. The molecule has 10 heteroatoms. The number of hydrogen-bond acceptors (Lipinski definition) is 7. The number of carbonyl (C=O) groups is 2. The van der Waals surface area contributed by atoms with Crippen LogP contribution in [0.5, 0.6) is 17.2 Å². The number of nitrogens with one attached hydrogen (secondary N) is 1. The smallest absolute Gasteiger partial charge is 0.311 e. The van der Waals surface area contributed by atoms with Crippen LogP contribution in [0.25, 0.3) is 0 Å². The Bertz CT molecular complexity index is 1010. The van der Waals surface area contributed by atoms with E-state index in [1.54, 1.807) is 19.2 Å². The molecule has 0 radical (unpaired) electrons. The molecule has 190 valence electrons. The summed E-state index contributed by atoms with van der Waals surface area (Å²) in [4.78, 5) is 38.2. The Morgan fingerprint density at radius 3 is 2.26 bits per heavy atom. The van der Waals surface area contributed by atoms with E-state index in [0.717, 1.165) is 5.56 Å². The van der Waals surface area contributed by atoms with Crippen molar-refractivity contribution in [1.29, 1.82) is 0 Å². The lowest BCUT2D eigenvalue weighted by Gasteiger charge is -2.31. The summed E-state index contributed by atoms with van der Waals surface area (Å²) in [5.41, 5.74) is 0.617. The lowest BCUT2D eigenvalue weighted by Crippen LogP contribution is -2.50. The highest BCUT2D eigenvalue weighted by Gasteiger charge is 2.29. The summed E-state index contributed by atoms with van der Waals surface area (Å²) >= 11 is 0. The normalized spacial score (nSPS) is 11.5. The molecule has 0 bridgehead atoms. The standard InChI is InChI=1S/C25H33N3O7/c1-6-21(25(30)26-14-17(2)3)27(15-18-7-9-19(33-4)10-8-18)24(29)16-35-20-11-12-22(28(31)32)23(13-20)34-5/h7-13,17,21H,6,14-16H2,1-5H3,(H,26,30)/t21-/m0/s1. The van der Waals surface area contributed by atoms with Gasteiger partial charge in [0.25, 0.3) is 5.91 Å². The SMILES string of the molecule is CC[C@@H](C(=O)NCC(C)C)N(Cc1ccc(OC)cc1)C(=O)COc1ccc([N+](=O)[O-])c(OC)c1. The molecule has 0 saturated carbocycles. The van der Waals surface area contributed by atoms with Gasteiger partial charge in [-0.1, -0.05) is 32.9 Å². The third kappa shape index (κ3) is 7.87. The first-order chi connectivity index (χ1) is 16.7. The fraction of sp³-hybridized carbons (Fsp3) is 0.440. The maximum absolute atomic E-state index is 13.3. The molecule has 0 saturated heterocycles. The largest absolute Gasteiger partial charge is 0.497 e. The molecule has 0 unspecified atom stereocenters. The van der Waals surface area contributed by atoms with Crippen LogP contribution in [-0.2, 0) is 16.1 Å². The van der Waals surface area contributed by atoms with Gasteiger partial charge >= 0.3 is 5.69 Å². The molecule has 10 nitrogen and oxygen atoms in total. The van der Waals surface area contributed by atoms with Crippen LogP contribution in [-0.4, -0.2) is 55.1 Å². The number of amides is 2. The van der Waals surface area contributed by atoms with Crippen molar-refractivity contribution in [3.8, 4) is 17.2 Å². The second kappa shape index (κ2) is 13.2. The van der Waals surface area contributed by atoms with E-state index in [9.17, 15) is 19.7 Å². The Hall–Kier alpha value is -3.82. The van der Waals surface area contributed by atoms with E-state index in [1.807, 2.05) is 32.9 Å². The second-order valence-electron chi connectivity index (χ2n) is 8.31. The highest BCUT2D eigenvalue weighted by atomic mass is 16.6. The van der Waals surface area contributed by atoms with Crippen LogP contribution in [0.2, 0.25) is 0 Å². The number of nitro benzene ring substituents is 1.